The average molecular weight is 254 g/mol. The van der Waals surface area contributed by atoms with Gasteiger partial charge in [0, 0.05) is 35.7 Å². The minimum atomic E-state index is 0.122. The lowest BCUT2D eigenvalue weighted by Crippen LogP contribution is -2.39. The van der Waals surface area contributed by atoms with Crippen LogP contribution in [0.4, 0.5) is 0 Å². The summed E-state index contributed by atoms with van der Waals surface area (Å²) < 4.78 is 0. The Bertz CT molecular complexity index is 320. The number of hydrogen-bond donors (Lipinski definition) is 2. The number of aliphatic hydroxyl groups excluding tert-OH is 1. The second-order valence-corrected chi connectivity index (χ2v) is 6.14. The molecule has 0 aliphatic heterocycles. The van der Waals surface area contributed by atoms with E-state index in [-0.39, 0.29) is 5.41 Å². The van der Waals surface area contributed by atoms with Gasteiger partial charge in [0.25, 0.3) is 0 Å². The summed E-state index contributed by atoms with van der Waals surface area (Å²) in [5.74, 6) is 0. The van der Waals surface area contributed by atoms with Crippen molar-refractivity contribution >= 4 is 11.3 Å². The van der Waals surface area contributed by atoms with Crippen LogP contribution in [-0.2, 0) is 0 Å². The Balaban J connectivity index is 1.87. The molecular weight excluding hydrogens is 232 g/mol. The topological polar surface area (TPSA) is 45.1 Å². The molecule has 1 heterocycles. The van der Waals surface area contributed by atoms with E-state index < -0.39 is 0 Å². The van der Waals surface area contributed by atoms with Crippen LogP contribution in [0.2, 0.25) is 0 Å². The molecule has 0 bridgehead atoms. The maximum absolute atomic E-state index is 9.64. The number of thiazole rings is 1. The molecule has 1 aromatic heterocycles. The predicted octanol–water partition coefficient (Wildman–Crippen LogP) is 2.74. The van der Waals surface area contributed by atoms with Gasteiger partial charge in [-0.15, -0.1) is 11.3 Å². The second kappa shape index (κ2) is 5.94. The molecule has 17 heavy (non-hydrogen) atoms. The Labute approximate surface area is 107 Å². The summed E-state index contributed by atoms with van der Waals surface area (Å²) in [6, 6.07) is 0.341. The lowest BCUT2D eigenvalue weighted by molar-refractivity contribution is 0.0790. The summed E-state index contributed by atoms with van der Waals surface area (Å²) in [6.07, 6.45) is 8.09. The molecule has 0 spiro atoms. The van der Waals surface area contributed by atoms with E-state index >= 15 is 0 Å². The second-order valence-electron chi connectivity index (χ2n) is 5.23. The van der Waals surface area contributed by atoms with Crippen molar-refractivity contribution in [2.45, 2.75) is 45.1 Å². The van der Waals surface area contributed by atoms with Crippen LogP contribution in [0.3, 0.4) is 0 Å². The van der Waals surface area contributed by atoms with Crippen LogP contribution in [0.5, 0.6) is 0 Å². The van der Waals surface area contributed by atoms with E-state index in [1.165, 1.54) is 24.1 Å². The zero-order valence-corrected chi connectivity index (χ0v) is 11.3. The van der Waals surface area contributed by atoms with Crippen molar-refractivity contribution in [3.8, 4) is 0 Å². The molecule has 1 saturated carbocycles. The molecule has 0 aromatic carbocycles. The summed E-state index contributed by atoms with van der Waals surface area (Å²) in [6.45, 7) is 3.40. The number of aliphatic hydroxyl groups is 1. The molecule has 1 unspecified atom stereocenters. The van der Waals surface area contributed by atoms with E-state index in [2.05, 4.69) is 17.2 Å². The van der Waals surface area contributed by atoms with Crippen molar-refractivity contribution in [2.75, 3.05) is 13.2 Å². The molecule has 2 N–H and O–H groups in total. The van der Waals surface area contributed by atoms with Crippen molar-refractivity contribution < 1.29 is 5.11 Å². The van der Waals surface area contributed by atoms with Crippen LogP contribution < -0.4 is 5.32 Å². The summed E-state index contributed by atoms with van der Waals surface area (Å²) in [5, 5.41) is 13.2. The van der Waals surface area contributed by atoms with Gasteiger partial charge >= 0.3 is 0 Å². The Morgan fingerprint density at radius 3 is 2.82 bits per heavy atom. The van der Waals surface area contributed by atoms with Gasteiger partial charge in [-0.25, -0.2) is 0 Å². The van der Waals surface area contributed by atoms with E-state index in [9.17, 15) is 5.11 Å². The number of nitrogens with zero attached hydrogens (tertiary/aromatic N) is 1. The standard InChI is InChI=1S/C13H22N2OS/c1-11(12-7-14-10-17-12)15-8-13(9-16)5-3-2-4-6-13/h7,10-11,15-16H,2-6,8-9H2,1H3. The van der Waals surface area contributed by atoms with Crippen molar-refractivity contribution in [3.63, 3.8) is 0 Å². The zero-order valence-electron chi connectivity index (χ0n) is 10.5. The first kappa shape index (κ1) is 13.0. The fraction of sp³-hybridized carbons (Fsp3) is 0.769. The highest BCUT2D eigenvalue weighted by molar-refractivity contribution is 7.09. The van der Waals surface area contributed by atoms with E-state index in [0.717, 1.165) is 19.4 Å². The third-order valence-corrected chi connectivity index (χ3v) is 4.87. The summed E-state index contributed by atoms with van der Waals surface area (Å²) >= 11 is 1.69. The van der Waals surface area contributed by atoms with Crippen LogP contribution in [0.15, 0.2) is 11.7 Å². The Hall–Kier alpha value is -0.450. The van der Waals surface area contributed by atoms with Crippen molar-refractivity contribution in [3.05, 3.63) is 16.6 Å². The normalized spacial score (nSPS) is 21.3. The molecule has 1 aromatic rings. The summed E-state index contributed by atoms with van der Waals surface area (Å²) in [7, 11) is 0. The molecule has 1 aliphatic carbocycles. The quantitative estimate of drug-likeness (QED) is 0.849. The first-order valence-electron chi connectivity index (χ1n) is 6.48. The molecular formula is C13H22N2OS. The van der Waals surface area contributed by atoms with Crippen molar-refractivity contribution in [1.29, 1.82) is 0 Å². The summed E-state index contributed by atoms with van der Waals surface area (Å²) in [5.41, 5.74) is 1.99. The molecule has 1 aliphatic rings. The number of nitrogens with one attached hydrogen (secondary N) is 1. The average Bonchev–Trinajstić information content (AvgIpc) is 2.91. The van der Waals surface area contributed by atoms with Gasteiger partial charge in [-0.05, 0) is 19.8 Å². The molecule has 4 heteroatoms. The highest BCUT2D eigenvalue weighted by atomic mass is 32.1. The molecule has 1 atom stereocenters. The number of aromatic nitrogens is 1. The Morgan fingerprint density at radius 2 is 2.24 bits per heavy atom. The van der Waals surface area contributed by atoms with E-state index in [4.69, 9.17) is 0 Å². The van der Waals surface area contributed by atoms with Crippen molar-refractivity contribution in [1.82, 2.24) is 10.3 Å². The molecule has 2 rings (SSSR count). The van der Waals surface area contributed by atoms with E-state index in [0.29, 0.717) is 12.6 Å². The van der Waals surface area contributed by atoms with Crippen LogP contribution >= 0.6 is 11.3 Å². The first-order chi connectivity index (χ1) is 8.26. The maximum atomic E-state index is 9.64. The number of rotatable bonds is 5. The minimum absolute atomic E-state index is 0.122. The minimum Gasteiger partial charge on any atom is -0.396 e. The van der Waals surface area contributed by atoms with Gasteiger partial charge in [-0.2, -0.15) is 0 Å². The van der Waals surface area contributed by atoms with Gasteiger partial charge in [-0.3, -0.25) is 4.98 Å². The zero-order chi connectivity index (χ0) is 12.1. The third kappa shape index (κ3) is 3.27. The largest absolute Gasteiger partial charge is 0.396 e. The van der Waals surface area contributed by atoms with Crippen LogP contribution in [-0.4, -0.2) is 23.2 Å². The highest BCUT2D eigenvalue weighted by Gasteiger charge is 2.31. The smallest absolute Gasteiger partial charge is 0.0794 e. The van der Waals surface area contributed by atoms with Crippen LogP contribution in [0.25, 0.3) is 0 Å². The predicted molar refractivity (Wildman–Crippen MR) is 71.1 cm³/mol. The molecule has 3 nitrogen and oxygen atoms in total. The van der Waals surface area contributed by atoms with Gasteiger partial charge < -0.3 is 10.4 Å². The maximum Gasteiger partial charge on any atom is 0.0794 e. The third-order valence-electron chi connectivity index (χ3n) is 3.91. The fourth-order valence-corrected chi connectivity index (χ4v) is 3.25. The molecule has 0 radical (unpaired) electrons. The van der Waals surface area contributed by atoms with Gasteiger partial charge in [0.15, 0.2) is 0 Å². The van der Waals surface area contributed by atoms with Crippen molar-refractivity contribution in [2.24, 2.45) is 5.41 Å². The van der Waals surface area contributed by atoms with Gasteiger partial charge in [0.2, 0.25) is 0 Å². The van der Waals surface area contributed by atoms with E-state index in [1.807, 2.05) is 11.7 Å². The monoisotopic (exact) mass is 254 g/mol. The van der Waals surface area contributed by atoms with Crippen LogP contribution in [0.1, 0.15) is 49.9 Å². The van der Waals surface area contributed by atoms with Gasteiger partial charge in [0.1, 0.15) is 0 Å². The Kier molecular flexibility index (Phi) is 4.54. The van der Waals surface area contributed by atoms with Gasteiger partial charge in [-0.1, -0.05) is 19.3 Å². The molecule has 0 saturated heterocycles. The summed E-state index contributed by atoms with van der Waals surface area (Å²) in [4.78, 5) is 5.38. The molecule has 1 fully saturated rings. The Morgan fingerprint density at radius 1 is 1.47 bits per heavy atom. The highest BCUT2D eigenvalue weighted by Crippen LogP contribution is 2.35. The first-order valence-corrected chi connectivity index (χ1v) is 7.36. The molecule has 96 valence electrons. The van der Waals surface area contributed by atoms with Gasteiger partial charge in [0.05, 0.1) is 5.51 Å². The van der Waals surface area contributed by atoms with Crippen LogP contribution in [0, 0.1) is 5.41 Å². The SMILES string of the molecule is CC(NCC1(CO)CCCCC1)c1cncs1. The number of hydrogen-bond acceptors (Lipinski definition) is 4. The molecule has 0 amide bonds. The lowest BCUT2D eigenvalue weighted by atomic mass is 9.74. The lowest BCUT2D eigenvalue weighted by Gasteiger charge is -2.36. The van der Waals surface area contributed by atoms with E-state index in [1.54, 1.807) is 11.3 Å². The fourth-order valence-electron chi connectivity index (χ4n) is 2.60.